The van der Waals surface area contributed by atoms with E-state index in [1.165, 1.54) is 17.2 Å². The number of hydrogen-bond acceptors (Lipinski definition) is 4. The van der Waals surface area contributed by atoms with Gasteiger partial charge in [-0.3, -0.25) is 10.1 Å². The highest BCUT2D eigenvalue weighted by Crippen LogP contribution is 2.54. The number of benzene rings is 3. The number of rotatable bonds is 3. The summed E-state index contributed by atoms with van der Waals surface area (Å²) in [7, 11) is 0. The van der Waals surface area contributed by atoms with Crippen molar-refractivity contribution < 1.29 is 14.8 Å². The van der Waals surface area contributed by atoms with Crippen molar-refractivity contribution in [3.63, 3.8) is 0 Å². The van der Waals surface area contributed by atoms with Crippen LogP contribution in [0.5, 0.6) is 0 Å². The summed E-state index contributed by atoms with van der Waals surface area (Å²) < 4.78 is 0. The molecule has 3 aromatic rings. The lowest BCUT2D eigenvalue weighted by atomic mass is 9.75. The quantitative estimate of drug-likeness (QED) is 0.500. The minimum Gasteiger partial charge on any atom is -0.478 e. The van der Waals surface area contributed by atoms with Gasteiger partial charge in [0.1, 0.15) is 0 Å². The Morgan fingerprint density at radius 1 is 1.00 bits per heavy atom. The summed E-state index contributed by atoms with van der Waals surface area (Å²) in [5.41, 5.74) is 5.16. The number of fused-ring (bicyclic) bond motifs is 5. The zero-order chi connectivity index (χ0) is 20.1. The van der Waals surface area contributed by atoms with Gasteiger partial charge in [0.05, 0.1) is 22.1 Å². The van der Waals surface area contributed by atoms with Gasteiger partial charge in [0.2, 0.25) is 0 Å². The second kappa shape index (κ2) is 6.44. The fourth-order valence-electron chi connectivity index (χ4n) is 4.92. The van der Waals surface area contributed by atoms with Gasteiger partial charge in [-0.2, -0.15) is 0 Å². The normalized spacial score (nSPS) is 21.4. The summed E-state index contributed by atoms with van der Waals surface area (Å²) in [5.74, 6) is -0.909. The van der Waals surface area contributed by atoms with E-state index < -0.39 is 5.97 Å². The molecule has 0 amide bonds. The minimum absolute atomic E-state index is 0.00781. The molecular weight excluding hydrogens is 368 g/mol. The van der Waals surface area contributed by atoms with E-state index in [9.17, 15) is 20.0 Å². The monoisotopic (exact) mass is 386 g/mol. The van der Waals surface area contributed by atoms with E-state index in [-0.39, 0.29) is 34.1 Å². The average molecular weight is 386 g/mol. The second-order valence-corrected chi connectivity index (χ2v) is 7.59. The third-order valence-electron chi connectivity index (χ3n) is 6.12. The number of anilines is 1. The molecule has 2 aliphatic rings. The lowest BCUT2D eigenvalue weighted by Crippen LogP contribution is -2.31. The Morgan fingerprint density at radius 2 is 1.72 bits per heavy atom. The van der Waals surface area contributed by atoms with Crippen LogP contribution in [0, 0.1) is 16.0 Å². The predicted octanol–water partition coefficient (Wildman–Crippen LogP) is 4.76. The molecule has 0 aromatic heterocycles. The highest BCUT2D eigenvalue weighted by molar-refractivity contribution is 5.89. The molecule has 0 fully saturated rings. The van der Waals surface area contributed by atoms with Gasteiger partial charge >= 0.3 is 5.97 Å². The van der Waals surface area contributed by atoms with Gasteiger partial charge in [0.15, 0.2) is 0 Å². The zero-order valence-electron chi connectivity index (χ0n) is 15.4. The van der Waals surface area contributed by atoms with E-state index in [4.69, 9.17) is 0 Å². The number of para-hydroxylation sites is 1. The molecule has 2 N–H and O–H groups in total. The van der Waals surface area contributed by atoms with E-state index >= 15 is 0 Å². The summed E-state index contributed by atoms with van der Waals surface area (Å²) >= 11 is 0. The van der Waals surface area contributed by atoms with Crippen molar-refractivity contribution in [1.82, 2.24) is 0 Å². The molecule has 1 heterocycles. The Labute approximate surface area is 167 Å². The first-order valence-electron chi connectivity index (χ1n) is 9.49. The highest BCUT2D eigenvalue weighted by Gasteiger charge is 2.45. The van der Waals surface area contributed by atoms with Crippen LogP contribution in [0.25, 0.3) is 0 Å². The largest absolute Gasteiger partial charge is 0.478 e. The third kappa shape index (κ3) is 2.68. The molecule has 0 radical (unpaired) electrons. The van der Waals surface area contributed by atoms with Crippen LogP contribution in [0.2, 0.25) is 0 Å². The number of carboxylic acids is 1. The number of nitrogens with zero attached hydrogens (tertiary/aromatic N) is 1. The fraction of sp³-hybridized carbons (Fsp3) is 0.174. The number of nitro groups is 1. The van der Waals surface area contributed by atoms with Crippen LogP contribution in [0.3, 0.4) is 0 Å². The molecule has 29 heavy (non-hydrogen) atoms. The van der Waals surface area contributed by atoms with E-state index in [1.807, 2.05) is 24.3 Å². The van der Waals surface area contributed by atoms with Gasteiger partial charge in [0, 0.05) is 17.7 Å². The lowest BCUT2D eigenvalue weighted by Gasteiger charge is -2.37. The highest BCUT2D eigenvalue weighted by atomic mass is 16.6. The molecule has 144 valence electrons. The van der Waals surface area contributed by atoms with Crippen molar-refractivity contribution in [3.8, 4) is 0 Å². The summed E-state index contributed by atoms with van der Waals surface area (Å²) in [4.78, 5) is 22.9. The average Bonchev–Trinajstić information content (AvgIpc) is 3.12. The van der Waals surface area contributed by atoms with Crippen molar-refractivity contribution in [3.05, 3.63) is 105 Å². The Kier molecular flexibility index (Phi) is 3.87. The van der Waals surface area contributed by atoms with Gasteiger partial charge in [-0.1, -0.05) is 42.5 Å². The molecule has 0 bridgehead atoms. The van der Waals surface area contributed by atoms with E-state index in [1.54, 1.807) is 24.3 Å². The van der Waals surface area contributed by atoms with Gasteiger partial charge in [0.25, 0.3) is 5.69 Å². The summed E-state index contributed by atoms with van der Waals surface area (Å²) in [6.07, 6.45) is 0.779. The maximum atomic E-state index is 11.7. The first-order valence-corrected chi connectivity index (χ1v) is 9.49. The summed E-state index contributed by atoms with van der Waals surface area (Å²) in [6.45, 7) is 0. The molecular formula is C23H18N2O4. The first-order chi connectivity index (χ1) is 14.0. The van der Waals surface area contributed by atoms with Crippen LogP contribution in [0.4, 0.5) is 11.4 Å². The number of carboxylic acid groups (broad SMARTS) is 1. The maximum Gasteiger partial charge on any atom is 0.335 e. The second-order valence-electron chi connectivity index (χ2n) is 7.59. The smallest absolute Gasteiger partial charge is 0.335 e. The van der Waals surface area contributed by atoms with Crippen LogP contribution in [-0.2, 0) is 6.42 Å². The molecule has 0 saturated carbocycles. The fourth-order valence-corrected chi connectivity index (χ4v) is 4.92. The molecule has 1 aliphatic heterocycles. The van der Waals surface area contributed by atoms with Crippen molar-refractivity contribution in [2.24, 2.45) is 5.92 Å². The summed E-state index contributed by atoms with van der Waals surface area (Å²) in [6, 6.07) is 19.9. The molecule has 1 aliphatic carbocycles. The standard InChI is InChI=1S/C23H18N2O4/c26-23(27)14-9-10-19-17(12-14)21-15-6-2-1-5-13(15)11-18(21)22(24-19)16-7-3-4-8-20(16)25(28)29/h1-10,12,18,21-22,24H,11H2,(H,26,27)/t18-,21+,22-/m1/s1. The van der Waals surface area contributed by atoms with Crippen LogP contribution in [-0.4, -0.2) is 16.0 Å². The molecule has 3 atom stereocenters. The minimum atomic E-state index is -0.962. The molecule has 0 unspecified atom stereocenters. The number of hydrogen-bond donors (Lipinski definition) is 2. The van der Waals surface area contributed by atoms with Gasteiger partial charge in [-0.05, 0) is 47.2 Å². The molecule has 6 heteroatoms. The molecule has 5 rings (SSSR count). The molecule has 0 spiro atoms. The summed E-state index contributed by atoms with van der Waals surface area (Å²) in [5, 5.41) is 24.6. The number of carbonyl (C=O) groups is 1. The Morgan fingerprint density at radius 3 is 2.48 bits per heavy atom. The van der Waals surface area contributed by atoms with E-state index in [0.29, 0.717) is 5.56 Å². The van der Waals surface area contributed by atoms with Crippen molar-refractivity contribution >= 4 is 17.3 Å². The maximum absolute atomic E-state index is 11.7. The van der Waals surface area contributed by atoms with Crippen LogP contribution < -0.4 is 5.32 Å². The van der Waals surface area contributed by atoms with E-state index in [2.05, 4.69) is 17.4 Å². The third-order valence-corrected chi connectivity index (χ3v) is 6.12. The Bertz CT molecular complexity index is 1160. The van der Waals surface area contributed by atoms with Crippen LogP contribution in [0.1, 0.15) is 44.6 Å². The number of nitro benzene ring substituents is 1. The molecule has 3 aromatic carbocycles. The Balaban J connectivity index is 1.71. The van der Waals surface area contributed by atoms with Gasteiger partial charge < -0.3 is 10.4 Å². The van der Waals surface area contributed by atoms with Crippen LogP contribution >= 0.6 is 0 Å². The predicted molar refractivity (Wildman–Crippen MR) is 108 cm³/mol. The first kappa shape index (κ1) is 17.4. The molecule has 0 saturated heterocycles. The van der Waals surface area contributed by atoms with Gasteiger partial charge in [-0.15, -0.1) is 0 Å². The van der Waals surface area contributed by atoms with Crippen molar-refractivity contribution in [2.75, 3.05) is 5.32 Å². The van der Waals surface area contributed by atoms with Gasteiger partial charge in [-0.25, -0.2) is 4.79 Å². The number of aromatic carboxylic acids is 1. The van der Waals surface area contributed by atoms with Crippen molar-refractivity contribution in [2.45, 2.75) is 18.4 Å². The topological polar surface area (TPSA) is 92.5 Å². The zero-order valence-corrected chi connectivity index (χ0v) is 15.4. The van der Waals surface area contributed by atoms with E-state index in [0.717, 1.165) is 17.7 Å². The lowest BCUT2D eigenvalue weighted by molar-refractivity contribution is -0.385. The van der Waals surface area contributed by atoms with Crippen LogP contribution in [0.15, 0.2) is 66.7 Å². The SMILES string of the molecule is O=C(O)c1ccc2c(c1)[C@@H]1c3ccccc3C[C@H]1[C@@H](c1ccccc1[N+](=O)[O-])N2. The number of nitrogens with one attached hydrogen (secondary N) is 1. The Hall–Kier alpha value is -3.67. The molecule has 6 nitrogen and oxygen atoms in total. The van der Waals surface area contributed by atoms with Crippen molar-refractivity contribution in [1.29, 1.82) is 0 Å².